The molecule has 4 rings (SSSR count). The summed E-state index contributed by atoms with van der Waals surface area (Å²) in [6.45, 7) is 1.04. The van der Waals surface area contributed by atoms with Gasteiger partial charge >= 0.3 is 0 Å². The normalized spacial score (nSPS) is 10.8. The number of thiazole rings is 1. The molecule has 0 spiro atoms. The Bertz CT molecular complexity index is 1040. The summed E-state index contributed by atoms with van der Waals surface area (Å²) < 4.78 is 5.48. The molecule has 0 bridgehead atoms. The molecule has 0 unspecified atom stereocenters. The van der Waals surface area contributed by atoms with Gasteiger partial charge in [-0.25, -0.2) is 4.98 Å². The number of thiophene rings is 2. The van der Waals surface area contributed by atoms with Gasteiger partial charge in [0.25, 0.3) is 5.91 Å². The van der Waals surface area contributed by atoms with Crippen molar-refractivity contribution in [2.24, 2.45) is 0 Å². The maximum absolute atomic E-state index is 13.3. The predicted octanol–water partition coefficient (Wildman–Crippen LogP) is 5.78. The van der Waals surface area contributed by atoms with E-state index in [-0.39, 0.29) is 5.91 Å². The first-order valence-electron chi connectivity index (χ1n) is 8.68. The van der Waals surface area contributed by atoms with Crippen LogP contribution >= 0.6 is 34.0 Å². The molecule has 7 heteroatoms. The van der Waals surface area contributed by atoms with Crippen molar-refractivity contribution in [1.29, 1.82) is 0 Å². The molecule has 0 N–H and O–H groups in total. The lowest BCUT2D eigenvalue weighted by Crippen LogP contribution is -2.29. The highest BCUT2D eigenvalue weighted by atomic mass is 32.1. The van der Waals surface area contributed by atoms with Crippen LogP contribution in [0.25, 0.3) is 9.88 Å². The van der Waals surface area contributed by atoms with E-state index in [0.717, 1.165) is 26.1 Å². The maximum atomic E-state index is 13.3. The number of amides is 1. The van der Waals surface area contributed by atoms with E-state index in [1.54, 1.807) is 36.0 Å². The van der Waals surface area contributed by atoms with Crippen LogP contribution in [0.4, 0.5) is 0 Å². The highest BCUT2D eigenvalue weighted by Gasteiger charge is 2.21. The van der Waals surface area contributed by atoms with E-state index in [1.807, 2.05) is 58.1 Å². The van der Waals surface area contributed by atoms with Crippen LogP contribution in [-0.4, -0.2) is 22.9 Å². The Hall–Kier alpha value is -2.48. The van der Waals surface area contributed by atoms with E-state index in [0.29, 0.717) is 18.0 Å². The molecule has 1 aromatic carbocycles. The lowest BCUT2D eigenvalue weighted by atomic mass is 10.2. The Morgan fingerprint density at radius 3 is 2.61 bits per heavy atom. The second-order valence-corrected chi connectivity index (χ2v) is 9.07. The summed E-state index contributed by atoms with van der Waals surface area (Å²) in [5.41, 5.74) is 0.984. The zero-order valence-corrected chi connectivity index (χ0v) is 17.7. The first kappa shape index (κ1) is 18.9. The summed E-state index contributed by atoms with van der Waals surface area (Å²) in [7, 11) is 1.65. The fourth-order valence-corrected chi connectivity index (χ4v) is 5.28. The zero-order valence-electron chi connectivity index (χ0n) is 15.2. The summed E-state index contributed by atoms with van der Waals surface area (Å²) in [5.74, 6) is 0.773. The molecule has 1 amide bonds. The van der Waals surface area contributed by atoms with Gasteiger partial charge in [-0.05, 0) is 29.0 Å². The summed E-state index contributed by atoms with van der Waals surface area (Å²) in [5, 5.41) is 4.93. The third-order valence-corrected chi connectivity index (χ3v) is 7.10. The Labute approximate surface area is 175 Å². The van der Waals surface area contributed by atoms with Crippen LogP contribution in [0, 0.1) is 0 Å². The van der Waals surface area contributed by atoms with Crippen molar-refractivity contribution in [3.05, 3.63) is 80.8 Å². The van der Waals surface area contributed by atoms with Gasteiger partial charge in [-0.15, -0.1) is 34.0 Å². The van der Waals surface area contributed by atoms with E-state index < -0.39 is 0 Å². The number of nitrogens with zero attached hydrogens (tertiary/aromatic N) is 2. The van der Waals surface area contributed by atoms with Gasteiger partial charge in [0.15, 0.2) is 0 Å². The molecule has 0 radical (unpaired) electrons. The Balaban J connectivity index is 1.62. The van der Waals surface area contributed by atoms with Crippen molar-refractivity contribution in [3.8, 4) is 15.6 Å². The summed E-state index contributed by atoms with van der Waals surface area (Å²) >= 11 is 4.72. The van der Waals surface area contributed by atoms with Crippen molar-refractivity contribution in [2.45, 2.75) is 13.1 Å². The van der Waals surface area contributed by atoms with Crippen molar-refractivity contribution < 1.29 is 9.53 Å². The number of para-hydroxylation sites is 1. The number of carbonyl (C=O) groups excluding carboxylic acids is 1. The lowest BCUT2D eigenvalue weighted by Gasteiger charge is -2.22. The van der Waals surface area contributed by atoms with Crippen molar-refractivity contribution in [3.63, 3.8) is 0 Å². The van der Waals surface area contributed by atoms with Gasteiger partial charge in [0.2, 0.25) is 0 Å². The molecule has 0 atom stereocenters. The second-order valence-electron chi connectivity index (χ2n) is 6.06. The number of benzene rings is 1. The van der Waals surface area contributed by atoms with Gasteiger partial charge in [-0.3, -0.25) is 4.79 Å². The zero-order chi connectivity index (χ0) is 19.3. The van der Waals surface area contributed by atoms with Crippen LogP contribution in [0.5, 0.6) is 5.75 Å². The van der Waals surface area contributed by atoms with Crippen LogP contribution < -0.4 is 4.74 Å². The standard InChI is InChI=1S/C21H18N2O2S3/c1-25-17-8-3-2-6-15(17)13-23(14-16-7-4-10-26-16)21(24)19-12-22-20(28-19)18-9-5-11-27-18/h2-12H,13-14H2,1H3. The van der Waals surface area contributed by atoms with Gasteiger partial charge in [0.1, 0.15) is 15.6 Å². The summed E-state index contributed by atoms with van der Waals surface area (Å²) in [6, 6.07) is 15.9. The van der Waals surface area contributed by atoms with Crippen LogP contribution in [-0.2, 0) is 13.1 Å². The lowest BCUT2D eigenvalue weighted by molar-refractivity contribution is 0.0735. The number of hydrogen-bond acceptors (Lipinski definition) is 6. The highest BCUT2D eigenvalue weighted by molar-refractivity contribution is 7.22. The molecule has 4 nitrogen and oxygen atoms in total. The van der Waals surface area contributed by atoms with Crippen LogP contribution in [0.3, 0.4) is 0 Å². The summed E-state index contributed by atoms with van der Waals surface area (Å²) in [4.78, 5) is 22.5. The highest BCUT2D eigenvalue weighted by Crippen LogP contribution is 2.30. The number of carbonyl (C=O) groups is 1. The third-order valence-electron chi connectivity index (χ3n) is 4.22. The van der Waals surface area contributed by atoms with E-state index in [4.69, 9.17) is 4.74 Å². The molecule has 4 aromatic rings. The average molecular weight is 427 g/mol. The average Bonchev–Trinajstić information content (AvgIpc) is 3.49. The monoisotopic (exact) mass is 426 g/mol. The molecule has 0 aliphatic heterocycles. The van der Waals surface area contributed by atoms with Gasteiger partial charge in [0.05, 0.1) is 31.3 Å². The van der Waals surface area contributed by atoms with E-state index in [2.05, 4.69) is 11.1 Å². The minimum absolute atomic E-state index is 0.0142. The molecule has 0 saturated heterocycles. The van der Waals surface area contributed by atoms with Crippen molar-refractivity contribution in [2.75, 3.05) is 7.11 Å². The van der Waals surface area contributed by atoms with Crippen LogP contribution in [0.15, 0.2) is 65.5 Å². The predicted molar refractivity (Wildman–Crippen MR) is 116 cm³/mol. The number of hydrogen-bond donors (Lipinski definition) is 0. The summed E-state index contributed by atoms with van der Waals surface area (Å²) in [6.07, 6.45) is 1.69. The van der Waals surface area contributed by atoms with E-state index >= 15 is 0 Å². The van der Waals surface area contributed by atoms with Crippen molar-refractivity contribution in [1.82, 2.24) is 9.88 Å². The molecule has 28 heavy (non-hydrogen) atoms. The van der Waals surface area contributed by atoms with Gasteiger partial charge in [0, 0.05) is 10.4 Å². The molecule has 142 valence electrons. The smallest absolute Gasteiger partial charge is 0.266 e. The first-order valence-corrected chi connectivity index (χ1v) is 11.3. The SMILES string of the molecule is COc1ccccc1CN(Cc1cccs1)C(=O)c1cnc(-c2cccs2)s1. The van der Waals surface area contributed by atoms with E-state index in [9.17, 15) is 4.79 Å². The minimum atomic E-state index is -0.0142. The maximum Gasteiger partial charge on any atom is 0.266 e. The minimum Gasteiger partial charge on any atom is -0.496 e. The molecule has 3 aromatic heterocycles. The van der Waals surface area contributed by atoms with E-state index in [1.165, 1.54) is 11.3 Å². The number of methoxy groups -OCH3 is 1. The first-order chi connectivity index (χ1) is 13.7. The topological polar surface area (TPSA) is 42.4 Å². The second kappa shape index (κ2) is 8.68. The number of aromatic nitrogens is 1. The molecule has 3 heterocycles. The Kier molecular flexibility index (Phi) is 5.85. The van der Waals surface area contributed by atoms with Crippen LogP contribution in [0.1, 0.15) is 20.1 Å². The Morgan fingerprint density at radius 2 is 1.86 bits per heavy atom. The third kappa shape index (κ3) is 4.16. The number of rotatable bonds is 7. The molecule has 0 saturated carbocycles. The van der Waals surface area contributed by atoms with Crippen molar-refractivity contribution >= 4 is 39.9 Å². The van der Waals surface area contributed by atoms with Gasteiger partial charge < -0.3 is 9.64 Å². The van der Waals surface area contributed by atoms with Gasteiger partial charge in [-0.2, -0.15) is 0 Å². The fourth-order valence-electron chi connectivity index (χ4n) is 2.87. The molecule has 0 aliphatic carbocycles. The Morgan fingerprint density at radius 1 is 1.04 bits per heavy atom. The fraction of sp³-hybridized carbons (Fsp3) is 0.143. The molecular weight excluding hydrogens is 408 g/mol. The van der Waals surface area contributed by atoms with Crippen LogP contribution in [0.2, 0.25) is 0 Å². The van der Waals surface area contributed by atoms with Gasteiger partial charge in [-0.1, -0.05) is 30.3 Å². The molecule has 0 fully saturated rings. The largest absolute Gasteiger partial charge is 0.496 e. The number of ether oxygens (including phenoxy) is 1. The molecular formula is C21H18N2O2S3. The quantitative estimate of drug-likeness (QED) is 0.376. The molecule has 0 aliphatic rings.